The molecule has 0 bridgehead atoms. The van der Waals surface area contributed by atoms with Crippen molar-refractivity contribution in [3.8, 4) is 0 Å². The Morgan fingerprint density at radius 3 is 2.59 bits per heavy atom. The van der Waals surface area contributed by atoms with Crippen LogP contribution >= 0.6 is 0 Å². The highest BCUT2D eigenvalue weighted by molar-refractivity contribution is 5.60. The van der Waals surface area contributed by atoms with Crippen LogP contribution in [0.25, 0.3) is 0 Å². The van der Waals surface area contributed by atoms with Crippen molar-refractivity contribution in [1.29, 1.82) is 0 Å². The third-order valence-electron chi connectivity index (χ3n) is 2.82. The van der Waals surface area contributed by atoms with E-state index in [0.29, 0.717) is 0 Å². The average molecular weight is 226 g/mol. The molecule has 1 aromatic carbocycles. The van der Waals surface area contributed by atoms with Crippen LogP contribution in [0, 0.1) is 0 Å². The van der Waals surface area contributed by atoms with Crippen molar-refractivity contribution in [2.45, 2.75) is 19.8 Å². The summed E-state index contributed by atoms with van der Waals surface area (Å²) < 4.78 is 0. The minimum atomic E-state index is 0.919. The van der Waals surface area contributed by atoms with Gasteiger partial charge in [0.2, 0.25) is 0 Å². The van der Waals surface area contributed by atoms with Gasteiger partial charge in [0.1, 0.15) is 0 Å². The molecule has 1 aliphatic carbocycles. The highest BCUT2D eigenvalue weighted by Gasteiger charge is 2.15. The zero-order valence-electron chi connectivity index (χ0n) is 10.2. The van der Waals surface area contributed by atoms with Crippen LogP contribution in [0.1, 0.15) is 19.8 Å². The molecular weight excluding hydrogens is 208 g/mol. The Hall–Kier alpha value is -1.96. The summed E-state index contributed by atoms with van der Waals surface area (Å²) in [6.07, 6.45) is 6.18. The summed E-state index contributed by atoms with van der Waals surface area (Å²) in [7, 11) is 0. The minimum absolute atomic E-state index is 0.919. The first kappa shape index (κ1) is 11.5. The summed E-state index contributed by atoms with van der Waals surface area (Å²) in [5.74, 6) is 0. The lowest BCUT2D eigenvalue weighted by molar-refractivity contribution is 0.896. The van der Waals surface area contributed by atoms with Crippen molar-refractivity contribution in [2.75, 3.05) is 4.90 Å². The topological polar surface area (TPSA) is 29.3 Å². The van der Waals surface area contributed by atoms with E-state index in [4.69, 9.17) is 5.73 Å². The van der Waals surface area contributed by atoms with Crippen molar-refractivity contribution in [3.63, 3.8) is 0 Å². The van der Waals surface area contributed by atoms with Crippen LogP contribution in [-0.4, -0.2) is 0 Å². The van der Waals surface area contributed by atoms with Crippen LogP contribution in [0.15, 0.2) is 66.2 Å². The summed E-state index contributed by atoms with van der Waals surface area (Å²) in [4.78, 5) is 2.10. The lowest BCUT2D eigenvalue weighted by Gasteiger charge is -2.29. The van der Waals surface area contributed by atoms with Crippen LogP contribution in [0.5, 0.6) is 0 Å². The Balaban J connectivity index is 2.44. The standard InChI is InChI=1S/C15H18N2/c1-12(2)17(13-8-4-3-5-9-13)15-11-7-6-10-14(15)16/h3-5,7-9,11H,1,6,10,16H2,2H3. The van der Waals surface area contributed by atoms with E-state index in [2.05, 4.69) is 35.8 Å². The lowest BCUT2D eigenvalue weighted by atomic mass is 10.1. The molecule has 0 saturated heterocycles. The van der Waals surface area contributed by atoms with E-state index < -0.39 is 0 Å². The van der Waals surface area contributed by atoms with E-state index in [1.54, 1.807) is 0 Å². The summed E-state index contributed by atoms with van der Waals surface area (Å²) in [5.41, 5.74) is 10.2. The summed E-state index contributed by atoms with van der Waals surface area (Å²) in [6.45, 7) is 6.04. The molecule has 1 aromatic rings. The number of para-hydroxylation sites is 1. The Morgan fingerprint density at radius 1 is 1.29 bits per heavy atom. The molecule has 0 fully saturated rings. The van der Waals surface area contributed by atoms with Crippen LogP contribution < -0.4 is 10.6 Å². The van der Waals surface area contributed by atoms with Crippen molar-refractivity contribution in [3.05, 3.63) is 66.2 Å². The van der Waals surface area contributed by atoms with Crippen LogP contribution in [0.4, 0.5) is 5.69 Å². The van der Waals surface area contributed by atoms with E-state index >= 15 is 0 Å². The first-order valence-corrected chi connectivity index (χ1v) is 5.86. The van der Waals surface area contributed by atoms with Gasteiger partial charge in [-0.15, -0.1) is 0 Å². The Kier molecular flexibility index (Phi) is 3.33. The Bertz CT molecular complexity index is 469. The van der Waals surface area contributed by atoms with Gasteiger partial charge >= 0.3 is 0 Å². The van der Waals surface area contributed by atoms with Crippen LogP contribution in [-0.2, 0) is 0 Å². The molecule has 0 unspecified atom stereocenters. The second-order valence-corrected chi connectivity index (χ2v) is 4.26. The zero-order chi connectivity index (χ0) is 12.3. The third-order valence-corrected chi connectivity index (χ3v) is 2.82. The van der Waals surface area contributed by atoms with Gasteiger partial charge in [-0.05, 0) is 38.0 Å². The van der Waals surface area contributed by atoms with Gasteiger partial charge in [0.25, 0.3) is 0 Å². The number of benzene rings is 1. The molecule has 0 aliphatic heterocycles. The molecule has 0 atom stereocenters. The highest BCUT2D eigenvalue weighted by atomic mass is 15.2. The zero-order valence-corrected chi connectivity index (χ0v) is 10.2. The molecule has 2 N–H and O–H groups in total. The van der Waals surface area contributed by atoms with E-state index in [-0.39, 0.29) is 0 Å². The molecule has 0 heterocycles. The van der Waals surface area contributed by atoms with Gasteiger partial charge in [-0.25, -0.2) is 0 Å². The molecule has 0 aromatic heterocycles. The van der Waals surface area contributed by atoms with Crippen LogP contribution in [0.2, 0.25) is 0 Å². The Labute approximate surface area is 103 Å². The fourth-order valence-electron chi connectivity index (χ4n) is 2.03. The number of rotatable bonds is 3. The molecule has 0 radical (unpaired) electrons. The number of nitrogens with two attached hydrogens (primary N) is 1. The van der Waals surface area contributed by atoms with Gasteiger partial charge in [0.05, 0.1) is 5.70 Å². The molecule has 0 spiro atoms. The number of nitrogens with zero attached hydrogens (tertiary/aromatic N) is 1. The van der Waals surface area contributed by atoms with Crippen molar-refractivity contribution < 1.29 is 0 Å². The maximum Gasteiger partial charge on any atom is 0.0642 e. The molecular formula is C15H18N2. The third kappa shape index (κ3) is 2.41. The van der Waals surface area contributed by atoms with Gasteiger partial charge < -0.3 is 10.6 Å². The van der Waals surface area contributed by atoms with Crippen molar-refractivity contribution >= 4 is 5.69 Å². The van der Waals surface area contributed by atoms with Gasteiger partial charge in [-0.2, -0.15) is 0 Å². The van der Waals surface area contributed by atoms with Gasteiger partial charge in [-0.3, -0.25) is 0 Å². The van der Waals surface area contributed by atoms with Gasteiger partial charge in [0.15, 0.2) is 0 Å². The molecule has 2 rings (SSSR count). The van der Waals surface area contributed by atoms with Crippen molar-refractivity contribution in [1.82, 2.24) is 0 Å². The summed E-state index contributed by atoms with van der Waals surface area (Å²) in [6, 6.07) is 10.2. The maximum absolute atomic E-state index is 6.10. The smallest absolute Gasteiger partial charge is 0.0642 e. The molecule has 2 heteroatoms. The molecule has 2 nitrogen and oxygen atoms in total. The highest BCUT2D eigenvalue weighted by Crippen LogP contribution is 2.27. The second kappa shape index (κ2) is 4.91. The number of allylic oxidation sites excluding steroid dienone is 4. The molecule has 0 saturated carbocycles. The fraction of sp³-hybridized carbons (Fsp3) is 0.200. The largest absolute Gasteiger partial charge is 0.400 e. The number of anilines is 1. The minimum Gasteiger partial charge on any atom is -0.400 e. The second-order valence-electron chi connectivity index (χ2n) is 4.26. The van der Waals surface area contributed by atoms with E-state index in [1.165, 1.54) is 0 Å². The van der Waals surface area contributed by atoms with E-state index in [9.17, 15) is 0 Å². The summed E-state index contributed by atoms with van der Waals surface area (Å²) >= 11 is 0. The number of hydrogen-bond donors (Lipinski definition) is 1. The molecule has 88 valence electrons. The average Bonchev–Trinajstić information content (AvgIpc) is 2.33. The van der Waals surface area contributed by atoms with Gasteiger partial charge in [0, 0.05) is 17.1 Å². The number of hydrogen-bond acceptors (Lipinski definition) is 2. The predicted octanol–water partition coefficient (Wildman–Crippen LogP) is 3.55. The van der Waals surface area contributed by atoms with Crippen LogP contribution in [0.3, 0.4) is 0 Å². The molecule has 0 amide bonds. The maximum atomic E-state index is 6.10. The summed E-state index contributed by atoms with van der Waals surface area (Å²) in [5, 5.41) is 0. The fourth-order valence-corrected chi connectivity index (χ4v) is 2.03. The van der Waals surface area contributed by atoms with E-state index in [1.807, 2.05) is 25.1 Å². The predicted molar refractivity (Wildman–Crippen MR) is 73.3 cm³/mol. The lowest BCUT2D eigenvalue weighted by Crippen LogP contribution is -2.23. The van der Waals surface area contributed by atoms with Gasteiger partial charge in [-0.1, -0.05) is 30.9 Å². The van der Waals surface area contributed by atoms with E-state index in [0.717, 1.165) is 35.6 Å². The quantitative estimate of drug-likeness (QED) is 0.854. The SMILES string of the molecule is C=C(C)N(C1=C(N)CCC=C1)c1ccccc1. The molecule has 1 aliphatic rings. The molecule has 17 heavy (non-hydrogen) atoms. The first-order chi connectivity index (χ1) is 8.20. The normalized spacial score (nSPS) is 14.9. The Morgan fingerprint density at radius 2 is 2.00 bits per heavy atom. The first-order valence-electron chi connectivity index (χ1n) is 5.86. The van der Waals surface area contributed by atoms with Crippen molar-refractivity contribution in [2.24, 2.45) is 5.73 Å². The monoisotopic (exact) mass is 226 g/mol.